The van der Waals surface area contributed by atoms with Crippen LogP contribution in [0.15, 0.2) is 48.5 Å². The Morgan fingerprint density at radius 2 is 1.73 bits per heavy atom. The Morgan fingerprint density at radius 1 is 1.05 bits per heavy atom. The zero-order chi connectivity index (χ0) is 15.4. The second kappa shape index (κ2) is 6.62. The van der Waals surface area contributed by atoms with Gasteiger partial charge in [0.2, 0.25) is 0 Å². The minimum atomic E-state index is -0.0878. The molecule has 1 saturated heterocycles. The Morgan fingerprint density at radius 3 is 2.41 bits per heavy atom. The maximum Gasteiger partial charge on any atom is 0.255 e. The highest BCUT2D eigenvalue weighted by Crippen LogP contribution is 2.28. The predicted octanol–water partition coefficient (Wildman–Crippen LogP) is 3.00. The molecule has 0 aromatic heterocycles. The molecule has 0 bridgehead atoms. The minimum absolute atomic E-state index is 0.0878. The Hall–Kier alpha value is -2.33. The summed E-state index contributed by atoms with van der Waals surface area (Å²) in [6.45, 7) is 2.59. The van der Waals surface area contributed by atoms with E-state index in [1.165, 1.54) is 12.8 Å². The molecule has 0 saturated carbocycles. The zero-order valence-electron chi connectivity index (χ0n) is 12.6. The lowest BCUT2D eigenvalue weighted by molar-refractivity contribution is 0.102. The number of hydrogen-bond donors (Lipinski definition) is 2. The number of rotatable bonds is 4. The van der Waals surface area contributed by atoms with E-state index in [0.29, 0.717) is 12.1 Å². The average Bonchev–Trinajstić information content (AvgIpc) is 3.10. The highest BCUT2D eigenvalue weighted by molar-refractivity contribution is 6.06. The van der Waals surface area contributed by atoms with Crippen molar-refractivity contribution in [2.75, 3.05) is 23.3 Å². The van der Waals surface area contributed by atoms with Gasteiger partial charge >= 0.3 is 0 Å². The van der Waals surface area contributed by atoms with Gasteiger partial charge in [0.05, 0.1) is 11.4 Å². The van der Waals surface area contributed by atoms with Crippen LogP contribution in [0, 0.1) is 0 Å². The van der Waals surface area contributed by atoms with Gasteiger partial charge in [-0.3, -0.25) is 4.79 Å². The standard InChI is InChI=1S/C18H21N3O/c19-13-14-7-9-15(10-8-14)18(22)20-16-5-1-2-6-17(16)21-11-3-4-12-21/h1-2,5-10H,3-4,11-13,19H2,(H,20,22). The summed E-state index contributed by atoms with van der Waals surface area (Å²) in [5, 5.41) is 3.03. The van der Waals surface area contributed by atoms with Gasteiger partial charge in [0, 0.05) is 25.2 Å². The van der Waals surface area contributed by atoms with E-state index in [4.69, 9.17) is 5.73 Å². The van der Waals surface area contributed by atoms with Crippen LogP contribution in [0.2, 0.25) is 0 Å². The molecule has 2 aromatic carbocycles. The fraction of sp³-hybridized carbons (Fsp3) is 0.278. The summed E-state index contributed by atoms with van der Waals surface area (Å²) in [7, 11) is 0. The van der Waals surface area contributed by atoms with Crippen molar-refractivity contribution in [1.29, 1.82) is 0 Å². The molecule has 2 aromatic rings. The van der Waals surface area contributed by atoms with E-state index >= 15 is 0 Å². The third kappa shape index (κ3) is 3.12. The first-order chi connectivity index (χ1) is 10.8. The van der Waals surface area contributed by atoms with Gasteiger partial charge in [0.25, 0.3) is 5.91 Å². The fourth-order valence-electron chi connectivity index (χ4n) is 2.80. The number of nitrogens with one attached hydrogen (secondary N) is 1. The van der Waals surface area contributed by atoms with Crippen molar-refractivity contribution in [3.8, 4) is 0 Å². The number of carbonyl (C=O) groups excluding carboxylic acids is 1. The van der Waals surface area contributed by atoms with E-state index in [-0.39, 0.29) is 5.91 Å². The van der Waals surface area contributed by atoms with Gasteiger partial charge in [-0.15, -0.1) is 0 Å². The molecule has 4 nitrogen and oxygen atoms in total. The first kappa shape index (κ1) is 14.6. The van der Waals surface area contributed by atoms with E-state index in [9.17, 15) is 4.79 Å². The number of amides is 1. The molecule has 1 amide bonds. The summed E-state index contributed by atoms with van der Waals surface area (Å²) in [5.74, 6) is -0.0878. The smallest absolute Gasteiger partial charge is 0.255 e. The van der Waals surface area contributed by atoms with Crippen LogP contribution < -0.4 is 16.0 Å². The normalized spacial score (nSPS) is 14.1. The summed E-state index contributed by atoms with van der Waals surface area (Å²) in [6, 6.07) is 15.4. The van der Waals surface area contributed by atoms with Crippen LogP contribution in [-0.4, -0.2) is 19.0 Å². The Balaban J connectivity index is 1.78. The second-order valence-corrected chi connectivity index (χ2v) is 5.57. The molecule has 4 heteroatoms. The third-order valence-corrected chi connectivity index (χ3v) is 4.05. The summed E-state index contributed by atoms with van der Waals surface area (Å²) in [4.78, 5) is 14.7. The molecule has 0 spiro atoms. The number of para-hydroxylation sites is 2. The zero-order valence-corrected chi connectivity index (χ0v) is 12.6. The van der Waals surface area contributed by atoms with Crippen molar-refractivity contribution in [2.24, 2.45) is 5.73 Å². The monoisotopic (exact) mass is 295 g/mol. The van der Waals surface area contributed by atoms with Crippen molar-refractivity contribution < 1.29 is 4.79 Å². The van der Waals surface area contributed by atoms with E-state index in [1.807, 2.05) is 42.5 Å². The number of anilines is 2. The molecule has 0 aliphatic carbocycles. The lowest BCUT2D eigenvalue weighted by atomic mass is 10.1. The number of nitrogens with two attached hydrogens (primary N) is 1. The van der Waals surface area contributed by atoms with Crippen molar-refractivity contribution >= 4 is 17.3 Å². The fourth-order valence-corrected chi connectivity index (χ4v) is 2.80. The van der Waals surface area contributed by atoms with Gasteiger partial charge in [0.15, 0.2) is 0 Å². The summed E-state index contributed by atoms with van der Waals surface area (Å²) in [6.07, 6.45) is 2.42. The molecule has 1 aliphatic rings. The van der Waals surface area contributed by atoms with Crippen LogP contribution in [-0.2, 0) is 6.54 Å². The molecular formula is C18H21N3O. The first-order valence-corrected chi connectivity index (χ1v) is 7.72. The van der Waals surface area contributed by atoms with Crippen LogP contribution in [0.25, 0.3) is 0 Å². The quantitative estimate of drug-likeness (QED) is 0.911. The molecule has 114 valence electrons. The second-order valence-electron chi connectivity index (χ2n) is 5.57. The maximum atomic E-state index is 12.4. The van der Waals surface area contributed by atoms with Crippen LogP contribution >= 0.6 is 0 Å². The maximum absolute atomic E-state index is 12.4. The Kier molecular flexibility index (Phi) is 4.39. The molecule has 0 atom stereocenters. The van der Waals surface area contributed by atoms with E-state index in [1.54, 1.807) is 0 Å². The highest BCUT2D eigenvalue weighted by atomic mass is 16.1. The van der Waals surface area contributed by atoms with Crippen LogP contribution in [0.5, 0.6) is 0 Å². The highest BCUT2D eigenvalue weighted by Gasteiger charge is 2.16. The first-order valence-electron chi connectivity index (χ1n) is 7.72. The molecule has 0 radical (unpaired) electrons. The van der Waals surface area contributed by atoms with E-state index in [2.05, 4.69) is 16.3 Å². The number of nitrogens with zero attached hydrogens (tertiary/aromatic N) is 1. The average molecular weight is 295 g/mol. The molecule has 22 heavy (non-hydrogen) atoms. The Labute approximate surface area is 130 Å². The van der Waals surface area contributed by atoms with E-state index in [0.717, 1.165) is 30.0 Å². The number of hydrogen-bond acceptors (Lipinski definition) is 3. The summed E-state index contributed by atoms with van der Waals surface area (Å²) in [5.41, 5.74) is 9.23. The number of benzene rings is 2. The molecule has 0 unspecified atom stereocenters. The molecular weight excluding hydrogens is 274 g/mol. The number of carbonyl (C=O) groups is 1. The van der Waals surface area contributed by atoms with Gasteiger partial charge in [-0.2, -0.15) is 0 Å². The van der Waals surface area contributed by atoms with Crippen LogP contribution in [0.3, 0.4) is 0 Å². The van der Waals surface area contributed by atoms with Gasteiger partial charge in [0.1, 0.15) is 0 Å². The topological polar surface area (TPSA) is 58.4 Å². The SMILES string of the molecule is NCc1ccc(C(=O)Nc2ccccc2N2CCCC2)cc1. The van der Waals surface area contributed by atoms with Gasteiger partial charge in [-0.25, -0.2) is 0 Å². The van der Waals surface area contributed by atoms with Gasteiger partial charge in [-0.1, -0.05) is 24.3 Å². The minimum Gasteiger partial charge on any atom is -0.370 e. The predicted molar refractivity (Wildman–Crippen MR) is 90.2 cm³/mol. The van der Waals surface area contributed by atoms with Gasteiger partial charge < -0.3 is 16.0 Å². The Bertz CT molecular complexity index is 646. The molecule has 1 aliphatic heterocycles. The molecule has 1 heterocycles. The summed E-state index contributed by atoms with van der Waals surface area (Å²) >= 11 is 0. The molecule has 3 N–H and O–H groups in total. The van der Waals surface area contributed by atoms with Crippen LogP contribution in [0.4, 0.5) is 11.4 Å². The van der Waals surface area contributed by atoms with Crippen molar-refractivity contribution in [1.82, 2.24) is 0 Å². The van der Waals surface area contributed by atoms with E-state index < -0.39 is 0 Å². The molecule has 1 fully saturated rings. The summed E-state index contributed by atoms with van der Waals surface area (Å²) < 4.78 is 0. The lowest BCUT2D eigenvalue weighted by Gasteiger charge is -2.21. The largest absolute Gasteiger partial charge is 0.370 e. The van der Waals surface area contributed by atoms with Gasteiger partial charge in [-0.05, 0) is 42.7 Å². The molecule has 3 rings (SSSR count). The van der Waals surface area contributed by atoms with Crippen LogP contribution in [0.1, 0.15) is 28.8 Å². The van der Waals surface area contributed by atoms with Crippen molar-refractivity contribution in [3.63, 3.8) is 0 Å². The third-order valence-electron chi connectivity index (χ3n) is 4.05. The lowest BCUT2D eigenvalue weighted by Crippen LogP contribution is -2.21. The van der Waals surface area contributed by atoms with Crippen molar-refractivity contribution in [2.45, 2.75) is 19.4 Å². The van der Waals surface area contributed by atoms with Crippen molar-refractivity contribution in [3.05, 3.63) is 59.7 Å².